The lowest BCUT2D eigenvalue weighted by Crippen LogP contribution is -2.37. The second-order valence-electron chi connectivity index (χ2n) is 4.63. The largest absolute Gasteiger partial charge is 0.326 e. The van der Waals surface area contributed by atoms with Crippen LogP contribution in [0.3, 0.4) is 0 Å². The number of allylic oxidation sites excluding steroid dienone is 3. The van der Waals surface area contributed by atoms with Gasteiger partial charge in [0.2, 0.25) is 5.91 Å². The van der Waals surface area contributed by atoms with Crippen molar-refractivity contribution in [1.82, 2.24) is 5.32 Å². The lowest BCUT2D eigenvalue weighted by molar-refractivity contribution is -0.124. The predicted octanol–water partition coefficient (Wildman–Crippen LogP) is 4.21. The summed E-state index contributed by atoms with van der Waals surface area (Å²) in [6.07, 6.45) is 6.30. The molecule has 1 N–H and O–H groups in total. The van der Waals surface area contributed by atoms with E-state index in [2.05, 4.69) is 12.2 Å². The Bertz CT molecular complexity index is 328. The van der Waals surface area contributed by atoms with Crippen LogP contribution in [-0.4, -0.2) is 18.0 Å². The van der Waals surface area contributed by atoms with Crippen LogP contribution in [0.5, 0.6) is 0 Å². The lowest BCUT2D eigenvalue weighted by atomic mass is 9.90. The first-order chi connectivity index (χ1) is 9.01. The second kappa shape index (κ2) is 10.0. The first kappa shape index (κ1) is 18.2. The molecule has 0 aliphatic carbocycles. The summed E-state index contributed by atoms with van der Waals surface area (Å²) in [6.45, 7) is 7.31. The summed E-state index contributed by atoms with van der Waals surface area (Å²) >= 11 is 6.37. The maximum atomic E-state index is 12.2. The topological polar surface area (TPSA) is 29.1 Å². The van der Waals surface area contributed by atoms with E-state index in [9.17, 15) is 9.18 Å². The normalized spacial score (nSPS) is 17.3. The Labute approximate surface area is 121 Å². The van der Waals surface area contributed by atoms with Gasteiger partial charge in [-0.2, -0.15) is 0 Å². The highest BCUT2D eigenvalue weighted by atomic mass is 35.5. The minimum atomic E-state index is -0.546. The van der Waals surface area contributed by atoms with E-state index in [1.54, 1.807) is 19.1 Å². The highest BCUT2D eigenvalue weighted by molar-refractivity contribution is 6.22. The molecule has 0 aromatic heterocycles. The van der Waals surface area contributed by atoms with E-state index >= 15 is 0 Å². The van der Waals surface area contributed by atoms with Gasteiger partial charge in [-0.05, 0) is 25.3 Å². The van der Waals surface area contributed by atoms with Gasteiger partial charge in [0.15, 0.2) is 0 Å². The number of carbonyl (C=O) groups is 1. The van der Waals surface area contributed by atoms with Crippen LogP contribution in [0.4, 0.5) is 4.39 Å². The van der Waals surface area contributed by atoms with Gasteiger partial charge >= 0.3 is 0 Å². The zero-order chi connectivity index (χ0) is 14.8. The van der Waals surface area contributed by atoms with E-state index in [1.165, 1.54) is 6.08 Å². The van der Waals surface area contributed by atoms with Gasteiger partial charge in [-0.1, -0.05) is 39.3 Å². The molecular formula is C15H25ClFNO. The van der Waals surface area contributed by atoms with E-state index in [0.29, 0.717) is 12.1 Å². The molecule has 0 aliphatic rings. The molecule has 0 saturated heterocycles. The van der Waals surface area contributed by atoms with Crippen molar-refractivity contribution in [2.45, 2.75) is 45.9 Å². The molecule has 0 aromatic rings. The Morgan fingerprint density at radius 2 is 2.00 bits per heavy atom. The Morgan fingerprint density at radius 1 is 1.37 bits per heavy atom. The van der Waals surface area contributed by atoms with Gasteiger partial charge in [0.05, 0.1) is 5.92 Å². The van der Waals surface area contributed by atoms with Crippen LogP contribution in [0.1, 0.15) is 40.5 Å². The summed E-state index contributed by atoms with van der Waals surface area (Å²) in [4.78, 5) is 12.2. The quantitative estimate of drug-likeness (QED) is 0.526. The maximum absolute atomic E-state index is 12.2. The van der Waals surface area contributed by atoms with Crippen LogP contribution in [-0.2, 0) is 4.79 Å². The SMILES string of the molecule is C/C=C(\C=C/CF)NC(=O)C(CC)C(Cl)C(C)CC. The number of alkyl halides is 2. The van der Waals surface area contributed by atoms with E-state index in [-0.39, 0.29) is 23.1 Å². The number of amides is 1. The molecule has 0 spiro atoms. The maximum Gasteiger partial charge on any atom is 0.228 e. The Kier molecular flexibility index (Phi) is 9.58. The molecule has 0 radical (unpaired) electrons. The number of hydrogen-bond acceptors (Lipinski definition) is 1. The fraction of sp³-hybridized carbons (Fsp3) is 0.667. The van der Waals surface area contributed by atoms with Crippen molar-refractivity contribution in [2.75, 3.05) is 6.67 Å². The van der Waals surface area contributed by atoms with Crippen LogP contribution in [0.25, 0.3) is 0 Å². The van der Waals surface area contributed by atoms with Crippen LogP contribution in [0.2, 0.25) is 0 Å². The fourth-order valence-corrected chi connectivity index (χ4v) is 2.26. The number of hydrogen-bond donors (Lipinski definition) is 1. The molecule has 4 heteroatoms. The summed E-state index contributed by atoms with van der Waals surface area (Å²) in [5.41, 5.74) is 0.606. The van der Waals surface area contributed by atoms with Crippen molar-refractivity contribution in [3.63, 3.8) is 0 Å². The molecule has 110 valence electrons. The van der Waals surface area contributed by atoms with Gasteiger partial charge in [0.25, 0.3) is 0 Å². The molecular weight excluding hydrogens is 265 g/mol. The number of halogens is 2. The first-order valence-corrected chi connectivity index (χ1v) is 7.29. The third-order valence-electron chi connectivity index (χ3n) is 3.31. The summed E-state index contributed by atoms with van der Waals surface area (Å²) < 4.78 is 12.1. The molecule has 0 heterocycles. The Morgan fingerprint density at radius 3 is 2.42 bits per heavy atom. The van der Waals surface area contributed by atoms with Crippen molar-refractivity contribution in [2.24, 2.45) is 11.8 Å². The summed E-state index contributed by atoms with van der Waals surface area (Å²) in [6, 6.07) is 0. The summed E-state index contributed by atoms with van der Waals surface area (Å²) in [5.74, 6) is -0.0439. The van der Waals surface area contributed by atoms with Gasteiger partial charge in [-0.25, -0.2) is 4.39 Å². The second-order valence-corrected chi connectivity index (χ2v) is 5.14. The molecule has 0 rings (SSSR count). The van der Waals surface area contributed by atoms with Crippen LogP contribution < -0.4 is 5.32 Å². The van der Waals surface area contributed by atoms with Crippen molar-refractivity contribution < 1.29 is 9.18 Å². The number of carbonyl (C=O) groups excluding carboxylic acids is 1. The first-order valence-electron chi connectivity index (χ1n) is 6.85. The highest BCUT2D eigenvalue weighted by Gasteiger charge is 2.28. The number of rotatable bonds is 8. The van der Waals surface area contributed by atoms with Gasteiger partial charge in [-0.3, -0.25) is 4.79 Å². The molecule has 0 fully saturated rings. The summed E-state index contributed by atoms with van der Waals surface area (Å²) in [5, 5.41) is 2.61. The van der Waals surface area contributed by atoms with Gasteiger partial charge in [0.1, 0.15) is 6.67 Å². The van der Waals surface area contributed by atoms with E-state index in [4.69, 9.17) is 11.6 Å². The molecule has 0 bridgehead atoms. The standard InChI is InChI=1S/C15H25ClFNO/c1-5-11(4)14(16)13(7-3)15(19)18-12(6-2)9-8-10-17/h6,8-9,11,13-14H,5,7,10H2,1-4H3,(H,18,19)/b9-8-,12-6+. The average Bonchev–Trinajstić information content (AvgIpc) is 2.42. The van der Waals surface area contributed by atoms with E-state index in [0.717, 1.165) is 6.42 Å². The molecule has 19 heavy (non-hydrogen) atoms. The fourth-order valence-electron chi connectivity index (χ4n) is 1.79. The minimum absolute atomic E-state index is 0.0978. The van der Waals surface area contributed by atoms with Crippen LogP contribution in [0.15, 0.2) is 23.9 Å². The van der Waals surface area contributed by atoms with Crippen molar-refractivity contribution in [3.8, 4) is 0 Å². The van der Waals surface area contributed by atoms with Gasteiger partial charge in [-0.15, -0.1) is 11.6 Å². The molecule has 3 atom stereocenters. The molecule has 1 amide bonds. The van der Waals surface area contributed by atoms with Crippen LogP contribution in [0, 0.1) is 11.8 Å². The third kappa shape index (κ3) is 6.24. The summed E-state index contributed by atoms with van der Waals surface area (Å²) in [7, 11) is 0. The number of nitrogens with one attached hydrogen (secondary N) is 1. The predicted molar refractivity (Wildman–Crippen MR) is 79.9 cm³/mol. The molecule has 0 aromatic carbocycles. The lowest BCUT2D eigenvalue weighted by Gasteiger charge is -2.25. The Balaban J connectivity index is 4.72. The average molecular weight is 290 g/mol. The minimum Gasteiger partial charge on any atom is -0.326 e. The molecule has 0 saturated carbocycles. The molecule has 2 nitrogen and oxygen atoms in total. The molecule has 0 aliphatic heterocycles. The van der Waals surface area contributed by atoms with Crippen LogP contribution >= 0.6 is 11.6 Å². The zero-order valence-corrected chi connectivity index (χ0v) is 13.0. The Hall–Kier alpha value is -0.830. The van der Waals surface area contributed by atoms with Gasteiger partial charge in [0, 0.05) is 11.1 Å². The zero-order valence-electron chi connectivity index (χ0n) is 12.2. The highest BCUT2D eigenvalue weighted by Crippen LogP contribution is 2.25. The van der Waals surface area contributed by atoms with Crippen molar-refractivity contribution in [1.29, 1.82) is 0 Å². The smallest absolute Gasteiger partial charge is 0.228 e. The van der Waals surface area contributed by atoms with E-state index < -0.39 is 6.67 Å². The van der Waals surface area contributed by atoms with Crippen molar-refractivity contribution in [3.05, 3.63) is 23.9 Å². The van der Waals surface area contributed by atoms with Crippen molar-refractivity contribution >= 4 is 17.5 Å². The molecule has 3 unspecified atom stereocenters. The van der Waals surface area contributed by atoms with E-state index in [1.807, 2.05) is 13.8 Å². The van der Waals surface area contributed by atoms with Gasteiger partial charge < -0.3 is 5.32 Å². The third-order valence-corrected chi connectivity index (χ3v) is 4.05. The monoisotopic (exact) mass is 289 g/mol.